The number of thiophene rings is 1. The number of fused-ring (bicyclic) bond motifs is 28. The van der Waals surface area contributed by atoms with Gasteiger partial charge in [-0.2, -0.15) is 0 Å². The highest BCUT2D eigenvalue weighted by Gasteiger charge is 2.24. The van der Waals surface area contributed by atoms with Gasteiger partial charge < -0.3 is 13.3 Å². The first-order valence-electron chi connectivity index (χ1n) is 39.2. The van der Waals surface area contributed by atoms with Crippen molar-refractivity contribution in [2.45, 2.75) is 0 Å². The topological polar surface area (TPSA) is 151 Å². The minimum Gasteiger partial charge on any atom is -0.456 e. The number of hydrogen-bond acceptors (Lipinski definition) is 12. The molecule has 0 aliphatic rings. The van der Waals surface area contributed by atoms with E-state index in [9.17, 15) is 0 Å². The first kappa shape index (κ1) is 65.6. The largest absolute Gasteiger partial charge is 0.456 e. The van der Waals surface area contributed by atoms with Gasteiger partial charge in [0.1, 0.15) is 44.8 Å². The van der Waals surface area contributed by atoms with Gasteiger partial charge in [-0.1, -0.05) is 218 Å². The Balaban J connectivity index is 0.000000131. The van der Waals surface area contributed by atoms with Crippen LogP contribution in [0.4, 0.5) is 0 Å². The average molecular weight is 1530 g/mol. The van der Waals surface area contributed by atoms with Gasteiger partial charge >= 0.3 is 0 Å². The summed E-state index contributed by atoms with van der Waals surface area (Å²) in [4.78, 5) is 41.3. The van der Waals surface area contributed by atoms with Crippen LogP contribution in [0.25, 0.3) is 253 Å². The smallest absolute Gasteiger partial charge is 0.164 e. The second-order valence-corrected chi connectivity index (χ2v) is 31.2. The van der Waals surface area contributed by atoms with Crippen molar-refractivity contribution >= 4 is 174 Å². The zero-order valence-corrected chi connectivity index (χ0v) is 63.4. The van der Waals surface area contributed by atoms with Crippen molar-refractivity contribution in [1.29, 1.82) is 0 Å². The summed E-state index contributed by atoms with van der Waals surface area (Å²) in [5, 5.41) is 17.8. The second-order valence-electron chi connectivity index (χ2n) is 30.1. The van der Waals surface area contributed by atoms with Crippen LogP contribution in [0.2, 0.25) is 0 Å². The Bertz CT molecular complexity index is 8230. The predicted octanol–water partition coefficient (Wildman–Crippen LogP) is 27.4. The molecule has 0 N–H and O–H groups in total. The van der Waals surface area contributed by atoms with Crippen molar-refractivity contribution in [2.24, 2.45) is 0 Å². The molecule has 0 atom stereocenters. The molecular formula is C104H58N10O3S. The maximum atomic E-state index is 6.14. The molecule has 118 heavy (non-hydrogen) atoms. The Morgan fingerprint density at radius 3 is 0.932 bits per heavy atom. The molecule has 13 nitrogen and oxygen atoms in total. The van der Waals surface area contributed by atoms with Crippen LogP contribution in [0.3, 0.4) is 0 Å². The fraction of sp³-hybridized carbons (Fsp3) is 0. The summed E-state index contributed by atoms with van der Waals surface area (Å²) < 4.78 is 25.3. The van der Waals surface area contributed by atoms with E-state index in [1.807, 2.05) is 114 Å². The lowest BCUT2D eigenvalue weighted by Gasteiger charge is -2.11. The number of rotatable bonds is 8. The quantitative estimate of drug-likeness (QED) is 0.134. The van der Waals surface area contributed by atoms with E-state index >= 15 is 0 Å². The van der Waals surface area contributed by atoms with Gasteiger partial charge in [-0.05, 0) is 165 Å². The fourth-order valence-corrected chi connectivity index (χ4v) is 18.7. The van der Waals surface area contributed by atoms with Crippen molar-refractivity contribution in [2.75, 3.05) is 0 Å². The highest BCUT2D eigenvalue weighted by molar-refractivity contribution is 7.25. The van der Waals surface area contributed by atoms with Gasteiger partial charge in [-0.25, -0.2) is 39.9 Å². The lowest BCUT2D eigenvalue weighted by molar-refractivity contribution is 0.668. The molecule has 0 aliphatic heterocycles. The maximum absolute atomic E-state index is 6.14. The Morgan fingerprint density at radius 1 is 0.186 bits per heavy atom. The minimum absolute atomic E-state index is 0.596. The summed E-state index contributed by atoms with van der Waals surface area (Å²) >= 11 is 1.81. The van der Waals surface area contributed by atoms with Gasteiger partial charge in [0.15, 0.2) is 34.9 Å². The molecule has 0 aliphatic carbocycles. The molecule has 0 unspecified atom stereocenters. The Hall–Kier alpha value is -15.9. The molecule has 26 aromatic rings. The Kier molecular flexibility index (Phi) is 14.4. The molecule has 0 amide bonds. The number of imidazole rings is 2. The monoisotopic (exact) mass is 1530 g/mol. The molecule has 10 heterocycles. The second kappa shape index (κ2) is 25.8. The number of para-hydroxylation sites is 3. The number of hydrogen-bond donors (Lipinski definition) is 0. The highest BCUT2D eigenvalue weighted by atomic mass is 32.1. The van der Waals surface area contributed by atoms with E-state index in [0.29, 0.717) is 34.9 Å². The first-order chi connectivity index (χ1) is 58.4. The number of benzene rings is 16. The summed E-state index contributed by atoms with van der Waals surface area (Å²) in [7, 11) is 0. The zero-order valence-electron chi connectivity index (χ0n) is 62.6. The molecule has 0 spiro atoms. The molecule has 0 radical (unpaired) electrons. The van der Waals surface area contributed by atoms with Crippen molar-refractivity contribution in [3.63, 3.8) is 0 Å². The van der Waals surface area contributed by atoms with Crippen LogP contribution in [0.1, 0.15) is 0 Å². The third-order valence-electron chi connectivity index (χ3n) is 23.3. The number of pyridine rings is 2. The SMILES string of the molecule is c1ccc(-c2nc(-c3ccc4oc5ccccc5c4c3)nc(-c3ccc4c(c3)c3ccccc3c3nc5cc(-c6ccc7oc8ccccc8c7c6)ccn5c43)n2)cc1.c1ccc(-c2nc(-c3ccc4sc5ccccc5c4c3)nc(-c3ccc4c(c3)c3ccccc3c3nc5cc(-c6ccc7oc8ccccc8c7c6)ccn5c43)n2)cc1. The van der Waals surface area contributed by atoms with Crippen molar-refractivity contribution in [1.82, 2.24) is 48.7 Å². The van der Waals surface area contributed by atoms with Crippen LogP contribution < -0.4 is 0 Å². The van der Waals surface area contributed by atoms with Gasteiger partial charge in [0.2, 0.25) is 0 Å². The molecule has 10 aromatic heterocycles. The number of nitrogens with zero attached hydrogens (tertiary/aromatic N) is 10. The van der Waals surface area contributed by atoms with E-state index in [2.05, 4.69) is 258 Å². The van der Waals surface area contributed by atoms with E-state index in [0.717, 1.165) is 198 Å². The number of furan rings is 3. The molecule has 0 saturated heterocycles. The van der Waals surface area contributed by atoms with Crippen LogP contribution >= 0.6 is 11.3 Å². The van der Waals surface area contributed by atoms with E-state index in [1.165, 1.54) is 20.2 Å². The Morgan fingerprint density at radius 2 is 0.492 bits per heavy atom. The summed E-state index contributed by atoms with van der Waals surface area (Å²) in [6, 6.07) is 118. The molecule has 548 valence electrons. The van der Waals surface area contributed by atoms with Gasteiger partial charge in [-0.3, -0.25) is 8.80 Å². The zero-order chi connectivity index (χ0) is 77.2. The Labute approximate surface area is 674 Å². The van der Waals surface area contributed by atoms with Crippen LogP contribution in [0.5, 0.6) is 0 Å². The molecule has 0 saturated carbocycles. The van der Waals surface area contributed by atoms with E-state index in [1.54, 1.807) is 0 Å². The van der Waals surface area contributed by atoms with Gasteiger partial charge in [-0.15, -0.1) is 11.3 Å². The van der Waals surface area contributed by atoms with Crippen LogP contribution in [0, 0.1) is 0 Å². The fourth-order valence-electron chi connectivity index (χ4n) is 17.7. The molecule has 16 aromatic carbocycles. The molecule has 26 rings (SSSR count). The maximum Gasteiger partial charge on any atom is 0.164 e. The molecule has 0 fully saturated rings. The van der Waals surface area contributed by atoms with Crippen LogP contribution in [0.15, 0.2) is 365 Å². The van der Waals surface area contributed by atoms with Gasteiger partial charge in [0.25, 0.3) is 0 Å². The third kappa shape index (κ3) is 10.5. The van der Waals surface area contributed by atoms with E-state index in [4.69, 9.17) is 53.1 Å². The van der Waals surface area contributed by atoms with Gasteiger partial charge in [0, 0.05) is 120 Å². The van der Waals surface area contributed by atoms with Crippen LogP contribution in [-0.4, -0.2) is 48.7 Å². The predicted molar refractivity (Wildman–Crippen MR) is 480 cm³/mol. The van der Waals surface area contributed by atoms with Crippen LogP contribution in [-0.2, 0) is 0 Å². The molecule has 14 heteroatoms. The van der Waals surface area contributed by atoms with Crippen molar-refractivity contribution < 1.29 is 13.3 Å². The third-order valence-corrected chi connectivity index (χ3v) is 24.4. The highest BCUT2D eigenvalue weighted by Crippen LogP contribution is 2.44. The minimum atomic E-state index is 0.596. The lowest BCUT2D eigenvalue weighted by Crippen LogP contribution is -2.00. The summed E-state index contributed by atoms with van der Waals surface area (Å²) in [5.74, 6) is 3.71. The number of aromatic nitrogens is 10. The summed E-state index contributed by atoms with van der Waals surface area (Å²) in [5.41, 5.74) is 21.0. The van der Waals surface area contributed by atoms with E-state index in [-0.39, 0.29) is 0 Å². The summed E-state index contributed by atoms with van der Waals surface area (Å²) in [6.07, 6.45) is 4.29. The summed E-state index contributed by atoms with van der Waals surface area (Å²) in [6.45, 7) is 0. The molecule has 0 bridgehead atoms. The molecular weight excluding hydrogens is 1470 g/mol. The average Bonchev–Trinajstić information content (AvgIpc) is 1.52. The lowest BCUT2D eigenvalue weighted by atomic mass is 9.98. The first-order valence-corrected chi connectivity index (χ1v) is 40.1. The van der Waals surface area contributed by atoms with Gasteiger partial charge in [0.05, 0.1) is 22.1 Å². The van der Waals surface area contributed by atoms with Crippen molar-refractivity contribution in [3.8, 4) is 90.6 Å². The van der Waals surface area contributed by atoms with E-state index < -0.39 is 0 Å². The van der Waals surface area contributed by atoms with Crippen molar-refractivity contribution in [3.05, 3.63) is 352 Å². The standard InChI is InChI=1S/C52H29N5O2.C52H29N5OS/c1-2-10-30(11-3-1)50-54-51(56-52(55-50)34-20-23-46-42(28-34)37-14-7-9-17-44(37)59-46)33-18-21-39-40(27-33)35-12-4-5-15-38(35)48-49(39)57-25-24-32(29-47(57)53-48)31-19-22-45-41(26-31)36-13-6-8-16-43(36)58-45;1-2-10-30(11-3-1)50-54-51(56-52(55-50)34-20-23-46-42(28-34)37-14-7-9-17-45(37)59-46)33-18-21-39-40(27-33)35-12-4-5-15-38(35)48-49(39)57-25-24-32(29-47(57)53-48)31-19-22-44-41(26-31)36-13-6-8-16-43(36)58-44/h2*1-29H. The normalized spacial score (nSPS) is 12.1.